The van der Waals surface area contributed by atoms with Crippen molar-refractivity contribution in [1.82, 2.24) is 19.5 Å². The molecular formula is C25H26IN5O2. The first-order valence-corrected chi connectivity index (χ1v) is 12.3. The van der Waals surface area contributed by atoms with Crippen LogP contribution in [-0.4, -0.2) is 50.4 Å². The van der Waals surface area contributed by atoms with E-state index in [2.05, 4.69) is 42.9 Å². The van der Waals surface area contributed by atoms with E-state index >= 15 is 0 Å². The van der Waals surface area contributed by atoms with E-state index in [1.807, 2.05) is 71.2 Å². The summed E-state index contributed by atoms with van der Waals surface area (Å²) in [5.41, 5.74) is 3.70. The number of nitrogens with zero attached hydrogens (tertiary/aromatic N) is 4. The highest BCUT2D eigenvalue weighted by molar-refractivity contribution is 14.1. The Morgan fingerprint density at radius 1 is 0.970 bits per heavy atom. The lowest BCUT2D eigenvalue weighted by molar-refractivity contribution is 0.226. The maximum absolute atomic E-state index is 5.99. The van der Waals surface area contributed by atoms with Crippen molar-refractivity contribution in [3.8, 4) is 22.8 Å². The second-order valence-corrected chi connectivity index (χ2v) is 9.42. The van der Waals surface area contributed by atoms with Crippen molar-refractivity contribution < 1.29 is 9.47 Å². The fourth-order valence-corrected chi connectivity index (χ4v) is 4.73. The minimum absolute atomic E-state index is 0.407. The summed E-state index contributed by atoms with van der Waals surface area (Å²) in [6, 6.07) is 21.8. The molecule has 0 bridgehead atoms. The van der Waals surface area contributed by atoms with Gasteiger partial charge < -0.3 is 14.8 Å². The Bertz CT molecular complexity index is 1200. The Morgan fingerprint density at radius 3 is 2.42 bits per heavy atom. The van der Waals surface area contributed by atoms with Crippen LogP contribution >= 0.6 is 22.6 Å². The van der Waals surface area contributed by atoms with Gasteiger partial charge in [0.15, 0.2) is 5.65 Å². The van der Waals surface area contributed by atoms with Crippen LogP contribution in [0.25, 0.3) is 16.9 Å². The molecule has 1 atom stereocenters. The smallest absolute Gasteiger partial charge is 0.247 e. The molecule has 0 saturated carbocycles. The zero-order valence-corrected chi connectivity index (χ0v) is 20.6. The number of anilines is 2. The molecule has 5 rings (SSSR count). The van der Waals surface area contributed by atoms with Crippen LogP contribution in [0.2, 0.25) is 0 Å². The van der Waals surface area contributed by atoms with Gasteiger partial charge in [-0.25, -0.2) is 4.52 Å². The van der Waals surface area contributed by atoms with Gasteiger partial charge in [-0.3, -0.25) is 4.90 Å². The van der Waals surface area contributed by atoms with E-state index in [0.717, 1.165) is 34.1 Å². The van der Waals surface area contributed by atoms with Crippen molar-refractivity contribution in [3.05, 3.63) is 66.7 Å². The predicted octanol–water partition coefficient (Wildman–Crippen LogP) is 5.38. The number of hydrogen-bond acceptors (Lipinski definition) is 6. The molecule has 2 aromatic heterocycles. The number of fused-ring (bicyclic) bond motifs is 1. The molecule has 0 amide bonds. The molecule has 1 aliphatic heterocycles. The van der Waals surface area contributed by atoms with Gasteiger partial charge >= 0.3 is 0 Å². The number of halogens is 1. The number of benzene rings is 2. The van der Waals surface area contributed by atoms with E-state index in [1.165, 1.54) is 25.9 Å². The van der Waals surface area contributed by atoms with Gasteiger partial charge in [-0.1, -0.05) is 28.7 Å². The van der Waals surface area contributed by atoms with E-state index in [1.54, 1.807) is 7.11 Å². The second kappa shape index (κ2) is 9.96. The molecule has 7 nitrogen and oxygen atoms in total. The highest BCUT2D eigenvalue weighted by Gasteiger charge is 2.19. The SMILES string of the molecule is COc1ccc(-c2cccc3nc(Nc4ccc(OC[C@H](I)N5CCCC5)cc4)nn23)cc1. The minimum Gasteiger partial charge on any atom is -0.497 e. The quantitative estimate of drug-likeness (QED) is 0.179. The number of nitrogens with one attached hydrogen (secondary N) is 1. The van der Waals surface area contributed by atoms with E-state index in [0.29, 0.717) is 16.6 Å². The summed E-state index contributed by atoms with van der Waals surface area (Å²) >= 11 is 2.47. The summed E-state index contributed by atoms with van der Waals surface area (Å²) in [6.45, 7) is 3.04. The Balaban J connectivity index is 1.27. The maximum Gasteiger partial charge on any atom is 0.247 e. The molecule has 1 saturated heterocycles. The average molecular weight is 555 g/mol. The largest absolute Gasteiger partial charge is 0.497 e. The second-order valence-electron chi connectivity index (χ2n) is 7.98. The number of ether oxygens (including phenoxy) is 2. The third kappa shape index (κ3) is 5.06. The molecule has 1 N–H and O–H groups in total. The molecule has 0 unspecified atom stereocenters. The fourth-order valence-electron chi connectivity index (χ4n) is 3.99. The van der Waals surface area contributed by atoms with Gasteiger partial charge in [-0.05, 0) is 86.6 Å². The van der Waals surface area contributed by atoms with Gasteiger partial charge in [0.25, 0.3) is 0 Å². The van der Waals surface area contributed by atoms with Crippen LogP contribution in [0.5, 0.6) is 11.5 Å². The number of likely N-dealkylation sites (tertiary alicyclic amines) is 1. The molecular weight excluding hydrogens is 529 g/mol. The van der Waals surface area contributed by atoms with Crippen LogP contribution in [0.4, 0.5) is 11.6 Å². The van der Waals surface area contributed by atoms with Crippen LogP contribution < -0.4 is 14.8 Å². The summed E-state index contributed by atoms with van der Waals surface area (Å²) < 4.78 is 13.5. The van der Waals surface area contributed by atoms with Crippen LogP contribution in [0, 0.1) is 0 Å². The van der Waals surface area contributed by atoms with E-state index in [4.69, 9.17) is 9.47 Å². The molecule has 3 heterocycles. The third-order valence-electron chi connectivity index (χ3n) is 5.78. The monoisotopic (exact) mass is 555 g/mol. The molecule has 4 aromatic rings. The summed E-state index contributed by atoms with van der Waals surface area (Å²) in [5.74, 6) is 2.24. The van der Waals surface area contributed by atoms with Gasteiger partial charge in [-0.15, -0.1) is 5.10 Å². The lowest BCUT2D eigenvalue weighted by Crippen LogP contribution is -2.32. The van der Waals surface area contributed by atoms with Gasteiger partial charge in [0.05, 0.1) is 16.9 Å². The van der Waals surface area contributed by atoms with Gasteiger partial charge in [0.2, 0.25) is 5.95 Å². The highest BCUT2D eigenvalue weighted by Crippen LogP contribution is 2.25. The number of alkyl halides is 1. The number of hydrogen-bond donors (Lipinski definition) is 1. The number of pyridine rings is 1. The van der Waals surface area contributed by atoms with Crippen molar-refractivity contribution in [2.24, 2.45) is 0 Å². The normalized spacial score (nSPS) is 15.0. The first kappa shape index (κ1) is 22.0. The van der Waals surface area contributed by atoms with Gasteiger partial charge in [-0.2, -0.15) is 4.98 Å². The number of aromatic nitrogens is 3. The van der Waals surface area contributed by atoms with E-state index in [-0.39, 0.29) is 0 Å². The summed E-state index contributed by atoms with van der Waals surface area (Å²) in [5, 5.41) is 7.98. The molecule has 1 fully saturated rings. The zero-order valence-electron chi connectivity index (χ0n) is 18.4. The van der Waals surface area contributed by atoms with Crippen molar-refractivity contribution in [3.63, 3.8) is 0 Å². The molecule has 170 valence electrons. The van der Waals surface area contributed by atoms with Crippen molar-refractivity contribution in [2.45, 2.75) is 16.9 Å². The first-order valence-electron chi connectivity index (χ1n) is 11.1. The van der Waals surface area contributed by atoms with Crippen molar-refractivity contribution in [2.75, 3.05) is 32.1 Å². The molecule has 2 aromatic carbocycles. The molecule has 8 heteroatoms. The number of rotatable bonds is 8. The summed E-state index contributed by atoms with van der Waals surface area (Å²) in [6.07, 6.45) is 2.58. The Morgan fingerprint density at radius 2 is 1.70 bits per heavy atom. The van der Waals surface area contributed by atoms with E-state index in [9.17, 15) is 0 Å². The topological polar surface area (TPSA) is 63.9 Å². The van der Waals surface area contributed by atoms with Crippen LogP contribution in [-0.2, 0) is 0 Å². The fraction of sp³-hybridized carbons (Fsp3) is 0.280. The van der Waals surface area contributed by atoms with Gasteiger partial charge in [0, 0.05) is 11.3 Å². The molecule has 0 radical (unpaired) electrons. The van der Waals surface area contributed by atoms with E-state index < -0.39 is 0 Å². The molecule has 33 heavy (non-hydrogen) atoms. The predicted molar refractivity (Wildman–Crippen MR) is 139 cm³/mol. The Kier molecular flexibility index (Phi) is 6.63. The molecule has 0 aliphatic carbocycles. The Hall–Kier alpha value is -2.85. The number of methoxy groups -OCH3 is 1. The van der Waals surface area contributed by atoms with Crippen molar-refractivity contribution >= 4 is 39.9 Å². The van der Waals surface area contributed by atoms with Crippen LogP contribution in [0.15, 0.2) is 66.7 Å². The lowest BCUT2D eigenvalue weighted by Gasteiger charge is -2.22. The first-order chi connectivity index (χ1) is 16.2. The molecule has 1 aliphatic rings. The Labute approximate surface area is 206 Å². The minimum atomic E-state index is 0.407. The highest BCUT2D eigenvalue weighted by atomic mass is 127. The van der Waals surface area contributed by atoms with Crippen LogP contribution in [0.1, 0.15) is 12.8 Å². The summed E-state index contributed by atoms with van der Waals surface area (Å²) in [7, 11) is 1.67. The van der Waals surface area contributed by atoms with Crippen LogP contribution in [0.3, 0.4) is 0 Å². The van der Waals surface area contributed by atoms with Gasteiger partial charge in [0.1, 0.15) is 18.1 Å². The molecule has 0 spiro atoms. The van der Waals surface area contributed by atoms with Crippen molar-refractivity contribution in [1.29, 1.82) is 0 Å². The lowest BCUT2D eigenvalue weighted by atomic mass is 10.1. The standard InChI is InChI=1S/C25H26IN5O2/c1-32-20-11-7-18(8-12-20)22-5-4-6-24-28-25(29-31(22)24)27-19-9-13-21(14-10-19)33-17-23(26)30-15-2-3-16-30/h4-14,23H,2-3,15-17H2,1H3,(H,27,29)/t23-/m1/s1. The summed E-state index contributed by atoms with van der Waals surface area (Å²) in [4.78, 5) is 7.11. The zero-order chi connectivity index (χ0) is 22.6. The average Bonchev–Trinajstić information content (AvgIpc) is 3.53. The third-order valence-corrected chi connectivity index (χ3v) is 6.93. The maximum atomic E-state index is 5.99.